The second-order valence-corrected chi connectivity index (χ2v) is 12.6. The smallest absolute Gasteiger partial charge is 0.160 e. The molecule has 39 heavy (non-hydrogen) atoms. The molecule has 0 bridgehead atoms. The standard InChI is InChI=1S/C32H44N6O/c1-21-31-27-20-29(26-4-2-3-5-30(26)39)35-36-32(27)34-28(31)14-19-38(21)25-8-6-22(7-9-25)23-12-17-37(18-13-23)24-10-15-33-16-11-24/h2-5,20-25,33,39H,6-19H2,1H3,(H,34,36)/t21-,22?,25?/m1/s1. The van der Waals surface area contributed by atoms with Crippen LogP contribution in [0.4, 0.5) is 0 Å². The molecule has 7 rings (SSSR count). The van der Waals surface area contributed by atoms with Crippen molar-refractivity contribution < 1.29 is 5.11 Å². The van der Waals surface area contributed by atoms with Crippen LogP contribution in [0.15, 0.2) is 30.3 Å². The number of piperidine rings is 2. The summed E-state index contributed by atoms with van der Waals surface area (Å²) < 4.78 is 0. The molecule has 0 unspecified atom stereocenters. The van der Waals surface area contributed by atoms with Gasteiger partial charge in [-0.2, -0.15) is 0 Å². The van der Waals surface area contributed by atoms with Crippen LogP contribution >= 0.6 is 0 Å². The summed E-state index contributed by atoms with van der Waals surface area (Å²) in [5.41, 5.74) is 5.04. The zero-order valence-electron chi connectivity index (χ0n) is 23.4. The fraction of sp³-hybridized carbons (Fsp3) is 0.625. The molecule has 0 radical (unpaired) electrons. The average Bonchev–Trinajstić information content (AvgIpc) is 3.37. The zero-order valence-corrected chi connectivity index (χ0v) is 23.4. The lowest BCUT2D eigenvalue weighted by atomic mass is 9.73. The van der Waals surface area contributed by atoms with Crippen LogP contribution < -0.4 is 5.32 Å². The lowest BCUT2D eigenvalue weighted by molar-refractivity contribution is 0.0516. The number of aromatic hydroxyl groups is 1. The number of H-pyrrole nitrogens is 1. The molecule has 2 aromatic heterocycles. The fourth-order valence-corrected chi connectivity index (χ4v) is 8.49. The molecule has 1 aromatic carbocycles. The largest absolute Gasteiger partial charge is 0.507 e. The molecule has 3 aliphatic heterocycles. The highest BCUT2D eigenvalue weighted by atomic mass is 16.3. The maximum absolute atomic E-state index is 10.4. The summed E-state index contributed by atoms with van der Waals surface area (Å²) in [6.07, 6.45) is 12.0. The van der Waals surface area contributed by atoms with E-state index in [1.807, 2.05) is 18.2 Å². The molecule has 1 aliphatic carbocycles. The number of hydrogen-bond donors (Lipinski definition) is 3. The van der Waals surface area contributed by atoms with Gasteiger partial charge in [-0.25, -0.2) is 0 Å². The van der Waals surface area contributed by atoms with Crippen LogP contribution in [0, 0.1) is 11.8 Å². The Morgan fingerprint density at radius 1 is 0.846 bits per heavy atom. The van der Waals surface area contributed by atoms with Crippen molar-refractivity contribution in [3.05, 3.63) is 41.6 Å². The Balaban J connectivity index is 1.01. The number of hydrogen-bond acceptors (Lipinski definition) is 6. The third kappa shape index (κ3) is 4.87. The first kappa shape index (κ1) is 25.5. The lowest BCUT2D eigenvalue weighted by Gasteiger charge is -2.46. The minimum atomic E-state index is 0.249. The van der Waals surface area contributed by atoms with Gasteiger partial charge in [-0.05, 0) is 120 Å². The first-order valence-electron chi connectivity index (χ1n) is 15.5. The summed E-state index contributed by atoms with van der Waals surface area (Å²) in [7, 11) is 0. The molecule has 0 amide bonds. The highest BCUT2D eigenvalue weighted by molar-refractivity contribution is 5.86. The molecule has 208 valence electrons. The third-order valence-electron chi connectivity index (χ3n) is 10.7. The van der Waals surface area contributed by atoms with Crippen molar-refractivity contribution in [3.63, 3.8) is 0 Å². The number of likely N-dealkylation sites (tertiary alicyclic amines) is 1. The number of phenols is 1. The molecule has 7 heteroatoms. The second kappa shape index (κ2) is 10.8. The Morgan fingerprint density at radius 2 is 1.59 bits per heavy atom. The van der Waals surface area contributed by atoms with Crippen LogP contribution in [-0.2, 0) is 6.42 Å². The van der Waals surface area contributed by atoms with Crippen LogP contribution in [0.2, 0.25) is 0 Å². The first-order valence-corrected chi connectivity index (χ1v) is 15.5. The van der Waals surface area contributed by atoms with Gasteiger partial charge >= 0.3 is 0 Å². The van der Waals surface area contributed by atoms with E-state index in [9.17, 15) is 5.11 Å². The number of phenolic OH excluding ortho intramolecular Hbond substituents is 1. The monoisotopic (exact) mass is 528 g/mol. The zero-order chi connectivity index (χ0) is 26.3. The number of rotatable bonds is 4. The van der Waals surface area contributed by atoms with E-state index in [2.05, 4.69) is 43.3 Å². The van der Waals surface area contributed by atoms with Gasteiger partial charge in [-0.3, -0.25) is 4.90 Å². The van der Waals surface area contributed by atoms with E-state index in [0.29, 0.717) is 12.1 Å². The molecule has 7 nitrogen and oxygen atoms in total. The Morgan fingerprint density at radius 3 is 2.36 bits per heavy atom. The van der Waals surface area contributed by atoms with Crippen molar-refractivity contribution in [1.82, 2.24) is 30.3 Å². The fourth-order valence-electron chi connectivity index (χ4n) is 8.49. The Kier molecular flexibility index (Phi) is 7.08. The number of fused-ring (bicyclic) bond motifs is 3. The molecule has 5 heterocycles. The van der Waals surface area contributed by atoms with E-state index in [-0.39, 0.29) is 5.75 Å². The maximum Gasteiger partial charge on any atom is 0.160 e. The van der Waals surface area contributed by atoms with Crippen molar-refractivity contribution in [1.29, 1.82) is 0 Å². The minimum Gasteiger partial charge on any atom is -0.507 e. The van der Waals surface area contributed by atoms with Crippen molar-refractivity contribution in [2.45, 2.75) is 82.8 Å². The summed E-state index contributed by atoms with van der Waals surface area (Å²) in [6, 6.07) is 11.4. The summed E-state index contributed by atoms with van der Waals surface area (Å²) >= 11 is 0. The van der Waals surface area contributed by atoms with Crippen LogP contribution in [0.25, 0.3) is 22.3 Å². The molecule has 0 spiro atoms. The predicted molar refractivity (Wildman–Crippen MR) is 156 cm³/mol. The van der Waals surface area contributed by atoms with Crippen LogP contribution in [0.1, 0.15) is 75.6 Å². The van der Waals surface area contributed by atoms with E-state index in [1.165, 1.54) is 88.8 Å². The molecular weight excluding hydrogens is 484 g/mol. The van der Waals surface area contributed by atoms with Gasteiger partial charge in [-0.15, -0.1) is 10.2 Å². The van der Waals surface area contributed by atoms with Crippen molar-refractivity contribution in [2.75, 3.05) is 32.7 Å². The Labute approximate surface area is 232 Å². The number of aromatic amines is 1. The Bertz CT molecular complexity index is 1280. The van der Waals surface area contributed by atoms with Crippen molar-refractivity contribution in [3.8, 4) is 17.0 Å². The van der Waals surface area contributed by atoms with Crippen molar-refractivity contribution in [2.24, 2.45) is 11.8 Å². The summed E-state index contributed by atoms with van der Waals surface area (Å²) in [5.74, 6) is 2.12. The first-order chi connectivity index (χ1) is 19.2. The van der Waals surface area contributed by atoms with Gasteiger partial charge < -0.3 is 20.3 Å². The highest BCUT2D eigenvalue weighted by Crippen LogP contribution is 2.43. The molecule has 3 aromatic rings. The van der Waals surface area contributed by atoms with E-state index in [4.69, 9.17) is 0 Å². The highest BCUT2D eigenvalue weighted by Gasteiger charge is 2.37. The molecule has 2 saturated heterocycles. The summed E-state index contributed by atoms with van der Waals surface area (Å²) in [5, 5.41) is 24.0. The lowest BCUT2D eigenvalue weighted by Crippen LogP contribution is -2.48. The van der Waals surface area contributed by atoms with Crippen molar-refractivity contribution >= 4 is 11.0 Å². The summed E-state index contributed by atoms with van der Waals surface area (Å²) in [6.45, 7) is 8.56. The van der Waals surface area contributed by atoms with Gasteiger partial charge in [0.15, 0.2) is 5.65 Å². The molecule has 1 saturated carbocycles. The van der Waals surface area contributed by atoms with E-state index < -0.39 is 0 Å². The predicted octanol–water partition coefficient (Wildman–Crippen LogP) is 5.27. The molecule has 4 aliphatic rings. The number of para-hydroxylation sites is 1. The van der Waals surface area contributed by atoms with Gasteiger partial charge in [0.2, 0.25) is 0 Å². The van der Waals surface area contributed by atoms with Gasteiger partial charge in [0.25, 0.3) is 0 Å². The Hall–Kier alpha value is -2.48. The van der Waals surface area contributed by atoms with Gasteiger partial charge in [0.05, 0.1) is 5.69 Å². The average molecular weight is 529 g/mol. The van der Waals surface area contributed by atoms with Gasteiger partial charge in [-0.1, -0.05) is 12.1 Å². The van der Waals surface area contributed by atoms with Crippen LogP contribution in [0.5, 0.6) is 5.75 Å². The number of aromatic nitrogens is 3. The number of nitrogens with one attached hydrogen (secondary N) is 2. The number of nitrogens with zero attached hydrogens (tertiary/aromatic N) is 4. The number of benzene rings is 1. The van der Waals surface area contributed by atoms with Crippen LogP contribution in [-0.4, -0.2) is 74.9 Å². The molecule has 3 fully saturated rings. The van der Waals surface area contributed by atoms with E-state index >= 15 is 0 Å². The quantitative estimate of drug-likeness (QED) is 0.428. The second-order valence-electron chi connectivity index (χ2n) is 12.6. The van der Waals surface area contributed by atoms with Gasteiger partial charge in [0, 0.05) is 47.7 Å². The molecule has 3 N–H and O–H groups in total. The molecular formula is C32H44N6O. The minimum absolute atomic E-state index is 0.249. The third-order valence-corrected chi connectivity index (χ3v) is 10.7. The summed E-state index contributed by atoms with van der Waals surface area (Å²) in [4.78, 5) is 9.17. The van der Waals surface area contributed by atoms with E-state index in [0.717, 1.165) is 53.1 Å². The molecule has 1 atom stereocenters. The SMILES string of the molecule is C[C@@H]1c2c([nH]c3nnc(-c4ccccc4O)cc23)CCN1C1CCC(C2CCN(C3CCNCC3)CC2)CC1. The maximum atomic E-state index is 10.4. The van der Waals surface area contributed by atoms with Crippen LogP contribution in [0.3, 0.4) is 0 Å². The topological polar surface area (TPSA) is 80.3 Å². The van der Waals surface area contributed by atoms with E-state index in [1.54, 1.807) is 6.07 Å². The normalized spacial score (nSPS) is 28.1. The van der Waals surface area contributed by atoms with Gasteiger partial charge in [0.1, 0.15) is 5.75 Å².